The Labute approximate surface area is 70.8 Å². The van der Waals surface area contributed by atoms with Crippen molar-refractivity contribution in [3.8, 4) is 0 Å². The lowest BCUT2D eigenvalue weighted by Gasteiger charge is -2.23. The summed E-state index contributed by atoms with van der Waals surface area (Å²) in [6.07, 6.45) is 0. The highest BCUT2D eigenvalue weighted by Crippen LogP contribution is 2.14. The molecule has 0 atom stereocenters. The van der Waals surface area contributed by atoms with E-state index in [0.29, 0.717) is 0 Å². The Hall–Kier alpha value is 0.274. The first-order chi connectivity index (χ1) is 5.24. The van der Waals surface area contributed by atoms with Gasteiger partial charge in [-0.15, -0.1) is 0 Å². The Morgan fingerprint density at radius 3 is 1.91 bits per heavy atom. The minimum Gasteiger partial charge on any atom is -0.438 e. The van der Waals surface area contributed by atoms with E-state index >= 15 is 0 Å². The van der Waals surface area contributed by atoms with Gasteiger partial charge in [-0.05, 0) is 6.04 Å². The van der Waals surface area contributed by atoms with Crippen molar-refractivity contribution in [2.45, 2.75) is 12.1 Å². The molecule has 0 fully saturated rings. The molecule has 11 heavy (non-hydrogen) atoms. The van der Waals surface area contributed by atoms with Crippen LogP contribution in [0.5, 0.6) is 0 Å². The maximum atomic E-state index is 8.71. The van der Waals surface area contributed by atoms with Gasteiger partial charge in [0.05, 0.1) is 0 Å². The first-order valence-electron chi connectivity index (χ1n) is 3.51. The summed E-state index contributed by atoms with van der Waals surface area (Å²) in [5, 5.41) is 0. The van der Waals surface area contributed by atoms with Gasteiger partial charge in [-0.2, -0.15) is 0 Å². The van der Waals surface area contributed by atoms with Gasteiger partial charge < -0.3 is 18.1 Å². The van der Waals surface area contributed by atoms with Crippen LogP contribution in [0.1, 0.15) is 0 Å². The van der Waals surface area contributed by atoms with Gasteiger partial charge in [-0.25, -0.2) is 0 Å². The van der Waals surface area contributed by atoms with Gasteiger partial charge in [0.2, 0.25) is 0 Å². The minimum atomic E-state index is -2.36. The molecule has 0 aromatic heterocycles. The fraction of sp³-hybridized carbons (Fsp3) is 1.00. The highest BCUT2D eigenvalue weighted by atomic mass is 28.4. The van der Waals surface area contributed by atoms with Crippen molar-refractivity contribution in [1.29, 1.82) is 0 Å². The molecule has 0 bridgehead atoms. The van der Waals surface area contributed by atoms with E-state index in [4.69, 9.17) is 18.1 Å². The molecule has 6 heteroatoms. The van der Waals surface area contributed by atoms with Crippen LogP contribution in [0, 0.1) is 0 Å². The molecule has 0 amide bonds. The van der Waals surface area contributed by atoms with Crippen LogP contribution in [0.2, 0.25) is 12.1 Å². The van der Waals surface area contributed by atoms with Gasteiger partial charge in [0.25, 0.3) is 0 Å². The first-order valence-corrected chi connectivity index (χ1v) is 7.07. The lowest BCUT2D eigenvalue weighted by molar-refractivity contribution is 0.125. The maximum Gasteiger partial charge on any atom is 0.499 e. The second-order valence-electron chi connectivity index (χ2n) is 2.12. The van der Waals surface area contributed by atoms with Crippen LogP contribution in [0.4, 0.5) is 0 Å². The second kappa shape index (κ2) is 5.87. The van der Waals surface area contributed by atoms with Crippen LogP contribution in [-0.4, -0.2) is 44.7 Å². The molecular formula is C5H16O4Si2. The Bertz CT molecular complexity index is 88.2. The SMILES string of the molecule is CO[Si](CC[SiH2]O)(OC)OC. The molecule has 0 saturated carbocycles. The number of hydrogen-bond donors (Lipinski definition) is 1. The van der Waals surface area contributed by atoms with Gasteiger partial charge in [0, 0.05) is 27.4 Å². The summed E-state index contributed by atoms with van der Waals surface area (Å²) in [5.74, 6) is 0. The van der Waals surface area contributed by atoms with E-state index in [1.807, 2.05) is 0 Å². The molecule has 4 nitrogen and oxygen atoms in total. The second-order valence-corrected chi connectivity index (χ2v) is 6.37. The third-order valence-corrected chi connectivity index (χ3v) is 5.78. The highest BCUT2D eigenvalue weighted by molar-refractivity contribution is 6.61. The largest absolute Gasteiger partial charge is 0.499 e. The number of hydrogen-bond acceptors (Lipinski definition) is 4. The van der Waals surface area contributed by atoms with E-state index < -0.39 is 18.6 Å². The number of rotatable bonds is 6. The molecule has 0 aliphatic rings. The van der Waals surface area contributed by atoms with Crippen molar-refractivity contribution < 1.29 is 18.1 Å². The molecule has 0 unspecified atom stereocenters. The molecule has 0 heterocycles. The molecular weight excluding hydrogens is 180 g/mol. The summed E-state index contributed by atoms with van der Waals surface area (Å²) in [7, 11) is 1.48. The summed E-state index contributed by atoms with van der Waals surface area (Å²) in [5.41, 5.74) is 0. The molecule has 0 radical (unpaired) electrons. The fourth-order valence-corrected chi connectivity index (χ4v) is 4.33. The van der Waals surface area contributed by atoms with Gasteiger partial charge in [0.1, 0.15) is 0 Å². The van der Waals surface area contributed by atoms with Crippen molar-refractivity contribution in [3.63, 3.8) is 0 Å². The normalized spacial score (nSPS) is 13.1. The van der Waals surface area contributed by atoms with E-state index in [1.54, 1.807) is 21.3 Å². The van der Waals surface area contributed by atoms with Crippen LogP contribution in [0.15, 0.2) is 0 Å². The highest BCUT2D eigenvalue weighted by Gasteiger charge is 2.36. The van der Waals surface area contributed by atoms with Crippen LogP contribution < -0.4 is 0 Å². The molecule has 68 valence electrons. The third kappa shape index (κ3) is 3.45. The zero-order chi connectivity index (χ0) is 8.74. The van der Waals surface area contributed by atoms with Gasteiger partial charge >= 0.3 is 8.80 Å². The van der Waals surface area contributed by atoms with Crippen molar-refractivity contribution in [3.05, 3.63) is 0 Å². The van der Waals surface area contributed by atoms with Crippen molar-refractivity contribution in [2.75, 3.05) is 21.3 Å². The molecule has 0 spiro atoms. The predicted molar refractivity (Wildman–Crippen MR) is 47.2 cm³/mol. The fourth-order valence-electron chi connectivity index (χ4n) is 0.852. The molecule has 0 aliphatic heterocycles. The zero-order valence-electron chi connectivity index (χ0n) is 7.29. The quantitative estimate of drug-likeness (QED) is 0.574. The van der Waals surface area contributed by atoms with Gasteiger partial charge in [0.15, 0.2) is 9.76 Å². The van der Waals surface area contributed by atoms with Crippen LogP contribution in [-0.2, 0) is 13.3 Å². The van der Waals surface area contributed by atoms with E-state index in [2.05, 4.69) is 0 Å². The Morgan fingerprint density at radius 1 is 1.18 bits per heavy atom. The summed E-state index contributed by atoms with van der Waals surface area (Å²) < 4.78 is 15.4. The van der Waals surface area contributed by atoms with Crippen LogP contribution in [0.3, 0.4) is 0 Å². The smallest absolute Gasteiger partial charge is 0.438 e. The summed E-state index contributed by atoms with van der Waals surface area (Å²) in [6, 6.07) is 1.51. The monoisotopic (exact) mass is 196 g/mol. The molecule has 0 rings (SSSR count). The predicted octanol–water partition coefficient (Wildman–Crippen LogP) is -0.641. The van der Waals surface area contributed by atoms with E-state index in [1.165, 1.54) is 0 Å². The molecule has 0 saturated heterocycles. The average molecular weight is 196 g/mol. The summed E-state index contributed by atoms with van der Waals surface area (Å²) >= 11 is 0. The van der Waals surface area contributed by atoms with Gasteiger partial charge in [-0.1, -0.05) is 0 Å². The van der Waals surface area contributed by atoms with E-state index in [-0.39, 0.29) is 0 Å². The standard InChI is InChI=1S/C5H16O4Si2/c1-7-11(8-2,9-3)5-4-10-6/h6H,4-5,10H2,1-3H3. The van der Waals surface area contributed by atoms with Crippen LogP contribution in [0.25, 0.3) is 0 Å². The van der Waals surface area contributed by atoms with Crippen molar-refractivity contribution >= 4 is 18.6 Å². The van der Waals surface area contributed by atoms with Crippen molar-refractivity contribution in [2.24, 2.45) is 0 Å². The molecule has 0 aliphatic carbocycles. The summed E-state index contributed by atoms with van der Waals surface area (Å²) in [6.45, 7) is 0. The third-order valence-electron chi connectivity index (χ3n) is 1.57. The zero-order valence-corrected chi connectivity index (χ0v) is 9.71. The minimum absolute atomic E-state index is 0.721. The van der Waals surface area contributed by atoms with Crippen LogP contribution >= 0.6 is 0 Å². The Balaban J connectivity index is 3.84. The maximum absolute atomic E-state index is 8.71. The molecule has 0 aromatic rings. The lowest BCUT2D eigenvalue weighted by Crippen LogP contribution is -2.42. The Morgan fingerprint density at radius 2 is 1.64 bits per heavy atom. The summed E-state index contributed by atoms with van der Waals surface area (Å²) in [4.78, 5) is 8.71. The molecule has 0 aromatic carbocycles. The molecule has 1 N–H and O–H groups in total. The average Bonchev–Trinajstić information content (AvgIpc) is 2.08. The van der Waals surface area contributed by atoms with Gasteiger partial charge in [-0.3, -0.25) is 0 Å². The van der Waals surface area contributed by atoms with Crippen molar-refractivity contribution in [1.82, 2.24) is 0 Å². The van der Waals surface area contributed by atoms with E-state index in [9.17, 15) is 0 Å². The lowest BCUT2D eigenvalue weighted by atomic mass is 11.0. The van der Waals surface area contributed by atoms with E-state index in [0.717, 1.165) is 12.1 Å². The Kier molecular flexibility index (Phi) is 6.01. The topological polar surface area (TPSA) is 47.9 Å². The first kappa shape index (κ1) is 11.3.